The third-order valence-corrected chi connectivity index (χ3v) is 2.51. The molecular formula is C9H12N2O4. The molecule has 82 valence electrons. The number of rotatable bonds is 3. The van der Waals surface area contributed by atoms with E-state index in [1.807, 2.05) is 0 Å². The lowest BCUT2D eigenvalue weighted by Gasteiger charge is -2.10. The van der Waals surface area contributed by atoms with E-state index in [9.17, 15) is 9.59 Å². The molecule has 6 heteroatoms. The van der Waals surface area contributed by atoms with Crippen LogP contribution in [-0.4, -0.2) is 32.8 Å². The van der Waals surface area contributed by atoms with E-state index in [2.05, 4.69) is 4.98 Å². The van der Waals surface area contributed by atoms with Crippen molar-refractivity contribution in [2.24, 2.45) is 0 Å². The van der Waals surface area contributed by atoms with Gasteiger partial charge in [0, 0.05) is 12.4 Å². The van der Waals surface area contributed by atoms with Crippen LogP contribution < -0.4 is 5.69 Å². The van der Waals surface area contributed by atoms with Crippen LogP contribution in [0.4, 0.5) is 0 Å². The maximum Gasteiger partial charge on any atom is 0.332 e. The van der Waals surface area contributed by atoms with Crippen LogP contribution in [0.25, 0.3) is 0 Å². The quantitative estimate of drug-likeness (QED) is 0.727. The van der Waals surface area contributed by atoms with Crippen molar-refractivity contribution in [3.8, 4) is 0 Å². The molecule has 2 N–H and O–H groups in total. The first kappa shape index (κ1) is 9.97. The first-order chi connectivity index (χ1) is 7.16. The molecule has 2 atom stereocenters. The van der Waals surface area contributed by atoms with E-state index in [-0.39, 0.29) is 11.8 Å². The Hall–Kier alpha value is -1.56. The number of nitrogens with zero attached hydrogens (tertiary/aromatic N) is 1. The van der Waals surface area contributed by atoms with E-state index in [0.717, 1.165) is 0 Å². The fourth-order valence-corrected chi connectivity index (χ4v) is 1.73. The fraction of sp³-hybridized carbons (Fsp3) is 0.556. The lowest BCUT2D eigenvalue weighted by atomic mass is 10.2. The lowest BCUT2D eigenvalue weighted by Crippen LogP contribution is -2.26. The van der Waals surface area contributed by atoms with Crippen LogP contribution in [0.3, 0.4) is 0 Å². The Bertz CT molecular complexity index is 408. The van der Waals surface area contributed by atoms with Crippen LogP contribution in [0, 0.1) is 0 Å². The number of carboxylic acids is 1. The van der Waals surface area contributed by atoms with Crippen LogP contribution in [0.15, 0.2) is 17.2 Å². The summed E-state index contributed by atoms with van der Waals surface area (Å²) >= 11 is 0. The van der Waals surface area contributed by atoms with Gasteiger partial charge in [-0.25, -0.2) is 9.59 Å². The second-order valence-corrected chi connectivity index (χ2v) is 3.58. The standard InChI is InChI=1S/C9H12N2O4/c12-8(13)7-2-1-6(15-7)5-11-4-3-10-9(11)14/h3-4,6-7H,1-2,5H2,(H,10,14)(H,12,13). The van der Waals surface area contributed by atoms with E-state index in [1.165, 1.54) is 4.57 Å². The maximum atomic E-state index is 11.2. The minimum absolute atomic E-state index is 0.181. The van der Waals surface area contributed by atoms with Crippen LogP contribution in [0.1, 0.15) is 12.8 Å². The molecule has 15 heavy (non-hydrogen) atoms. The van der Waals surface area contributed by atoms with Crippen molar-refractivity contribution < 1.29 is 14.6 Å². The monoisotopic (exact) mass is 212 g/mol. The Balaban J connectivity index is 1.96. The molecule has 1 aliphatic rings. The molecule has 1 fully saturated rings. The number of imidazole rings is 1. The number of hydrogen-bond acceptors (Lipinski definition) is 3. The Morgan fingerprint density at radius 1 is 1.67 bits per heavy atom. The molecule has 6 nitrogen and oxygen atoms in total. The third-order valence-electron chi connectivity index (χ3n) is 2.51. The van der Waals surface area contributed by atoms with E-state index >= 15 is 0 Å². The zero-order chi connectivity index (χ0) is 10.8. The summed E-state index contributed by atoms with van der Waals surface area (Å²) in [5.74, 6) is -0.932. The molecule has 0 spiro atoms. The van der Waals surface area contributed by atoms with Crippen molar-refractivity contribution >= 4 is 5.97 Å². The van der Waals surface area contributed by atoms with Crippen LogP contribution in [-0.2, 0) is 16.1 Å². The van der Waals surface area contributed by atoms with Crippen LogP contribution in [0.5, 0.6) is 0 Å². The molecule has 2 rings (SSSR count). The van der Waals surface area contributed by atoms with Crippen molar-refractivity contribution in [3.05, 3.63) is 22.9 Å². The number of hydrogen-bond donors (Lipinski definition) is 2. The summed E-state index contributed by atoms with van der Waals surface area (Å²) in [6.45, 7) is 0.409. The largest absolute Gasteiger partial charge is 0.479 e. The molecule has 0 radical (unpaired) electrons. The number of carboxylic acid groups (broad SMARTS) is 1. The molecular weight excluding hydrogens is 200 g/mol. The summed E-state index contributed by atoms with van der Waals surface area (Å²) in [6, 6.07) is 0. The smallest absolute Gasteiger partial charge is 0.332 e. The molecule has 1 aromatic heterocycles. The van der Waals surface area contributed by atoms with Gasteiger partial charge in [-0.15, -0.1) is 0 Å². The summed E-state index contributed by atoms with van der Waals surface area (Å²) < 4.78 is 6.76. The summed E-state index contributed by atoms with van der Waals surface area (Å²) in [6.07, 6.45) is 3.46. The Labute approximate surface area is 85.5 Å². The van der Waals surface area contributed by atoms with Gasteiger partial charge >= 0.3 is 11.7 Å². The van der Waals surface area contributed by atoms with Crippen molar-refractivity contribution in [1.29, 1.82) is 0 Å². The highest BCUT2D eigenvalue weighted by atomic mass is 16.5. The molecule has 2 heterocycles. The summed E-state index contributed by atoms with van der Waals surface area (Å²) in [7, 11) is 0. The molecule has 0 saturated carbocycles. The van der Waals surface area contributed by atoms with Crippen molar-refractivity contribution in [1.82, 2.24) is 9.55 Å². The van der Waals surface area contributed by atoms with Crippen LogP contribution >= 0.6 is 0 Å². The van der Waals surface area contributed by atoms with E-state index in [1.54, 1.807) is 12.4 Å². The summed E-state index contributed by atoms with van der Waals surface area (Å²) in [5, 5.41) is 8.71. The van der Waals surface area contributed by atoms with Gasteiger partial charge in [-0.1, -0.05) is 0 Å². The van der Waals surface area contributed by atoms with Gasteiger partial charge in [0.15, 0.2) is 6.10 Å². The summed E-state index contributed by atoms with van der Waals surface area (Å²) in [5.41, 5.74) is -0.197. The maximum absolute atomic E-state index is 11.2. The molecule has 0 bridgehead atoms. The molecule has 0 aromatic carbocycles. The Kier molecular flexibility index (Phi) is 2.59. The number of carbonyl (C=O) groups is 1. The minimum Gasteiger partial charge on any atom is -0.479 e. The molecule has 0 amide bonds. The highest BCUT2D eigenvalue weighted by Crippen LogP contribution is 2.20. The Morgan fingerprint density at radius 3 is 3.00 bits per heavy atom. The molecule has 2 unspecified atom stereocenters. The topological polar surface area (TPSA) is 84.3 Å². The van der Waals surface area contributed by atoms with Crippen molar-refractivity contribution in [2.45, 2.75) is 31.6 Å². The van der Waals surface area contributed by atoms with Gasteiger partial charge in [-0.2, -0.15) is 0 Å². The number of H-pyrrole nitrogens is 1. The second kappa shape index (κ2) is 3.90. The van der Waals surface area contributed by atoms with Gasteiger partial charge in [0.05, 0.1) is 12.6 Å². The van der Waals surface area contributed by atoms with Gasteiger partial charge in [0.2, 0.25) is 0 Å². The first-order valence-corrected chi connectivity index (χ1v) is 4.79. The fourth-order valence-electron chi connectivity index (χ4n) is 1.73. The van der Waals surface area contributed by atoms with Gasteiger partial charge in [0.25, 0.3) is 0 Å². The van der Waals surface area contributed by atoms with Crippen LogP contribution in [0.2, 0.25) is 0 Å². The summed E-state index contributed by atoms with van der Waals surface area (Å²) in [4.78, 5) is 24.3. The predicted molar refractivity (Wildman–Crippen MR) is 50.6 cm³/mol. The van der Waals surface area contributed by atoms with Gasteiger partial charge < -0.3 is 14.8 Å². The van der Waals surface area contributed by atoms with E-state index < -0.39 is 12.1 Å². The molecule has 1 saturated heterocycles. The van der Waals surface area contributed by atoms with Gasteiger partial charge in [-0.05, 0) is 12.8 Å². The zero-order valence-electron chi connectivity index (χ0n) is 8.05. The van der Waals surface area contributed by atoms with Gasteiger partial charge in [-0.3, -0.25) is 4.57 Å². The average Bonchev–Trinajstić information content (AvgIpc) is 2.77. The number of nitrogens with one attached hydrogen (secondary N) is 1. The lowest BCUT2D eigenvalue weighted by molar-refractivity contribution is -0.149. The highest BCUT2D eigenvalue weighted by Gasteiger charge is 2.30. The highest BCUT2D eigenvalue weighted by molar-refractivity contribution is 5.72. The van der Waals surface area contributed by atoms with Crippen molar-refractivity contribution in [2.75, 3.05) is 0 Å². The normalized spacial score (nSPS) is 25.6. The minimum atomic E-state index is -0.932. The zero-order valence-corrected chi connectivity index (χ0v) is 8.05. The van der Waals surface area contributed by atoms with Crippen molar-refractivity contribution in [3.63, 3.8) is 0 Å². The average molecular weight is 212 g/mol. The predicted octanol–water partition coefficient (Wildman–Crippen LogP) is -0.191. The molecule has 0 aliphatic carbocycles. The number of ether oxygens (including phenoxy) is 1. The Morgan fingerprint density at radius 2 is 2.47 bits per heavy atom. The van der Waals surface area contributed by atoms with E-state index in [0.29, 0.717) is 19.4 Å². The SMILES string of the molecule is O=C(O)C1CCC(Cn2cc[nH]c2=O)O1. The first-order valence-electron chi connectivity index (χ1n) is 4.79. The third kappa shape index (κ3) is 2.10. The second-order valence-electron chi connectivity index (χ2n) is 3.58. The molecule has 1 aliphatic heterocycles. The van der Waals surface area contributed by atoms with E-state index in [4.69, 9.17) is 9.84 Å². The molecule has 1 aromatic rings. The number of aromatic nitrogens is 2. The van der Waals surface area contributed by atoms with Gasteiger partial charge in [0.1, 0.15) is 0 Å². The number of aromatic amines is 1. The number of aliphatic carboxylic acids is 1.